The number of hydrogen-bond acceptors (Lipinski definition) is 3. The molecule has 0 amide bonds. The van der Waals surface area contributed by atoms with Gasteiger partial charge in [-0.05, 0) is 29.8 Å². The van der Waals surface area contributed by atoms with Crippen molar-refractivity contribution >= 4 is 33.3 Å². The summed E-state index contributed by atoms with van der Waals surface area (Å²) in [5.41, 5.74) is 1.19. The summed E-state index contributed by atoms with van der Waals surface area (Å²) in [5.74, 6) is 1.07. The van der Waals surface area contributed by atoms with E-state index in [4.69, 9.17) is 11.6 Å². The maximum absolute atomic E-state index is 6.30. The average molecular weight is 367 g/mol. The molecule has 1 saturated heterocycles. The number of halogens is 2. The minimum Gasteiger partial charge on any atom is -0.354 e. The van der Waals surface area contributed by atoms with E-state index in [0.717, 1.165) is 48.0 Å². The first-order valence-corrected chi connectivity index (χ1v) is 8.22. The molecule has 21 heavy (non-hydrogen) atoms. The van der Waals surface area contributed by atoms with Crippen LogP contribution in [0.5, 0.6) is 0 Å². The number of aromatic nitrogens is 1. The topological polar surface area (TPSA) is 19.4 Å². The zero-order valence-electron chi connectivity index (χ0n) is 11.7. The lowest BCUT2D eigenvalue weighted by Gasteiger charge is -2.35. The van der Waals surface area contributed by atoms with Crippen LogP contribution in [0.4, 0.5) is 5.82 Å². The Morgan fingerprint density at radius 3 is 2.57 bits per heavy atom. The molecule has 1 aliphatic heterocycles. The van der Waals surface area contributed by atoms with Gasteiger partial charge in [0.05, 0.1) is 0 Å². The molecule has 0 aliphatic carbocycles. The van der Waals surface area contributed by atoms with Crippen molar-refractivity contribution in [3.05, 3.63) is 57.7 Å². The first-order valence-electron chi connectivity index (χ1n) is 7.04. The molecule has 5 heteroatoms. The average Bonchev–Trinajstić information content (AvgIpc) is 2.52. The Morgan fingerprint density at radius 1 is 1.10 bits per heavy atom. The van der Waals surface area contributed by atoms with Gasteiger partial charge in [0.2, 0.25) is 0 Å². The van der Waals surface area contributed by atoms with Gasteiger partial charge in [-0.1, -0.05) is 39.7 Å². The summed E-state index contributed by atoms with van der Waals surface area (Å²) < 4.78 is 1.02. The number of piperazine rings is 1. The zero-order valence-corrected chi connectivity index (χ0v) is 14.0. The van der Waals surface area contributed by atoms with E-state index in [1.165, 1.54) is 5.56 Å². The molecule has 3 rings (SSSR count). The summed E-state index contributed by atoms with van der Waals surface area (Å²) in [6.07, 6.45) is 1.85. The van der Waals surface area contributed by atoms with Crippen molar-refractivity contribution in [3.8, 4) is 0 Å². The fourth-order valence-electron chi connectivity index (χ4n) is 2.57. The van der Waals surface area contributed by atoms with Gasteiger partial charge < -0.3 is 4.90 Å². The van der Waals surface area contributed by atoms with Gasteiger partial charge in [0, 0.05) is 48.4 Å². The summed E-state index contributed by atoms with van der Waals surface area (Å²) in [4.78, 5) is 9.19. The molecular formula is C16H17BrClN3. The second-order valence-electron chi connectivity index (χ2n) is 5.19. The number of benzene rings is 1. The molecule has 1 fully saturated rings. The molecule has 0 radical (unpaired) electrons. The van der Waals surface area contributed by atoms with Gasteiger partial charge in [0.1, 0.15) is 5.82 Å². The van der Waals surface area contributed by atoms with E-state index in [9.17, 15) is 0 Å². The molecule has 1 aliphatic rings. The van der Waals surface area contributed by atoms with Crippen molar-refractivity contribution in [2.45, 2.75) is 6.54 Å². The summed E-state index contributed by atoms with van der Waals surface area (Å²) in [6, 6.07) is 12.2. The Balaban J connectivity index is 1.59. The quantitative estimate of drug-likeness (QED) is 0.823. The molecular weight excluding hydrogens is 350 g/mol. The van der Waals surface area contributed by atoms with Gasteiger partial charge in [-0.15, -0.1) is 0 Å². The van der Waals surface area contributed by atoms with E-state index in [1.54, 1.807) is 0 Å². The third-order valence-electron chi connectivity index (χ3n) is 3.75. The first-order chi connectivity index (χ1) is 10.2. The van der Waals surface area contributed by atoms with Crippen LogP contribution in [0, 0.1) is 0 Å². The van der Waals surface area contributed by atoms with Gasteiger partial charge in [0.15, 0.2) is 0 Å². The number of nitrogens with zero attached hydrogens (tertiary/aromatic N) is 3. The Bertz CT molecular complexity index is 598. The van der Waals surface area contributed by atoms with E-state index in [1.807, 2.05) is 30.5 Å². The van der Waals surface area contributed by atoms with E-state index in [2.05, 4.69) is 42.8 Å². The summed E-state index contributed by atoms with van der Waals surface area (Å²) in [7, 11) is 0. The van der Waals surface area contributed by atoms with Crippen molar-refractivity contribution in [2.75, 3.05) is 31.1 Å². The molecule has 0 unspecified atom stereocenters. The Hall–Kier alpha value is -1.10. The van der Waals surface area contributed by atoms with E-state index in [0.29, 0.717) is 0 Å². The Labute approximate surface area is 138 Å². The largest absolute Gasteiger partial charge is 0.354 e. The fourth-order valence-corrected chi connectivity index (χ4v) is 3.30. The zero-order chi connectivity index (χ0) is 14.7. The van der Waals surface area contributed by atoms with Crippen LogP contribution in [0.2, 0.25) is 5.02 Å². The van der Waals surface area contributed by atoms with Crippen LogP contribution < -0.4 is 4.90 Å². The standard InChI is InChI=1S/C16H17BrClN3/c17-14-5-4-13(15(18)11-14)12-20-7-9-21(10-8-20)16-3-1-2-6-19-16/h1-6,11H,7-10,12H2. The van der Waals surface area contributed by atoms with Crippen molar-refractivity contribution < 1.29 is 0 Å². The molecule has 0 bridgehead atoms. The maximum Gasteiger partial charge on any atom is 0.128 e. The third-order valence-corrected chi connectivity index (χ3v) is 4.60. The van der Waals surface area contributed by atoms with Crippen LogP contribution >= 0.6 is 27.5 Å². The van der Waals surface area contributed by atoms with Gasteiger partial charge in [-0.25, -0.2) is 4.98 Å². The second kappa shape index (κ2) is 6.77. The predicted molar refractivity (Wildman–Crippen MR) is 90.9 cm³/mol. The van der Waals surface area contributed by atoms with Crippen LogP contribution in [0.15, 0.2) is 47.1 Å². The number of anilines is 1. The third kappa shape index (κ3) is 3.76. The molecule has 2 aromatic rings. The monoisotopic (exact) mass is 365 g/mol. The Kier molecular flexibility index (Phi) is 4.78. The highest BCUT2D eigenvalue weighted by atomic mass is 79.9. The lowest BCUT2D eigenvalue weighted by atomic mass is 10.2. The van der Waals surface area contributed by atoms with Crippen molar-refractivity contribution in [2.24, 2.45) is 0 Å². The minimum atomic E-state index is 0.830. The van der Waals surface area contributed by atoms with E-state index in [-0.39, 0.29) is 0 Å². The summed E-state index contributed by atoms with van der Waals surface area (Å²) in [6.45, 7) is 4.98. The minimum absolute atomic E-state index is 0.830. The summed E-state index contributed by atoms with van der Waals surface area (Å²) >= 11 is 9.74. The van der Waals surface area contributed by atoms with Crippen LogP contribution in [0.3, 0.4) is 0 Å². The maximum atomic E-state index is 6.30. The molecule has 0 spiro atoms. The second-order valence-corrected chi connectivity index (χ2v) is 6.51. The number of pyridine rings is 1. The predicted octanol–water partition coefficient (Wildman–Crippen LogP) is 3.82. The van der Waals surface area contributed by atoms with Crippen LogP contribution in [-0.2, 0) is 6.54 Å². The smallest absolute Gasteiger partial charge is 0.128 e. The van der Waals surface area contributed by atoms with Gasteiger partial charge in [-0.2, -0.15) is 0 Å². The van der Waals surface area contributed by atoms with Gasteiger partial charge in [-0.3, -0.25) is 4.90 Å². The molecule has 3 nitrogen and oxygen atoms in total. The van der Waals surface area contributed by atoms with Crippen LogP contribution in [-0.4, -0.2) is 36.1 Å². The highest BCUT2D eigenvalue weighted by Gasteiger charge is 2.18. The number of hydrogen-bond donors (Lipinski definition) is 0. The first kappa shape index (κ1) is 14.8. The molecule has 2 heterocycles. The molecule has 0 N–H and O–H groups in total. The van der Waals surface area contributed by atoms with Crippen molar-refractivity contribution in [1.82, 2.24) is 9.88 Å². The summed E-state index contributed by atoms with van der Waals surface area (Å²) in [5, 5.41) is 0.830. The normalized spacial score (nSPS) is 16.2. The number of rotatable bonds is 3. The SMILES string of the molecule is Clc1cc(Br)ccc1CN1CCN(c2ccccn2)CC1. The molecule has 0 atom stereocenters. The molecule has 110 valence electrons. The van der Waals surface area contributed by atoms with Gasteiger partial charge >= 0.3 is 0 Å². The molecule has 1 aromatic carbocycles. The van der Waals surface area contributed by atoms with Crippen LogP contribution in [0.25, 0.3) is 0 Å². The van der Waals surface area contributed by atoms with E-state index >= 15 is 0 Å². The van der Waals surface area contributed by atoms with Crippen molar-refractivity contribution in [3.63, 3.8) is 0 Å². The molecule has 0 saturated carbocycles. The van der Waals surface area contributed by atoms with Gasteiger partial charge in [0.25, 0.3) is 0 Å². The lowest BCUT2D eigenvalue weighted by molar-refractivity contribution is 0.249. The fraction of sp³-hybridized carbons (Fsp3) is 0.312. The molecule has 1 aromatic heterocycles. The lowest BCUT2D eigenvalue weighted by Crippen LogP contribution is -2.46. The highest BCUT2D eigenvalue weighted by Crippen LogP contribution is 2.23. The highest BCUT2D eigenvalue weighted by molar-refractivity contribution is 9.10. The van der Waals surface area contributed by atoms with Crippen LogP contribution in [0.1, 0.15) is 5.56 Å². The Morgan fingerprint density at radius 2 is 1.90 bits per heavy atom. The van der Waals surface area contributed by atoms with E-state index < -0.39 is 0 Å². The van der Waals surface area contributed by atoms with Crippen molar-refractivity contribution in [1.29, 1.82) is 0 Å².